The Morgan fingerprint density at radius 1 is 1.00 bits per heavy atom. The number of carboxylic acids is 1. The number of carboxylic acid groups (broad SMARTS) is 1. The Balaban J connectivity index is 2.95. The van der Waals surface area contributed by atoms with Crippen LogP contribution in [0.3, 0.4) is 0 Å². The second-order valence-electron chi connectivity index (χ2n) is 4.57. The summed E-state index contributed by atoms with van der Waals surface area (Å²) in [5.41, 5.74) is -0.187. The Morgan fingerprint density at radius 2 is 1.52 bits per heavy atom. The van der Waals surface area contributed by atoms with Crippen molar-refractivity contribution < 1.29 is 37.2 Å². The van der Waals surface area contributed by atoms with Gasteiger partial charge < -0.3 is 15.2 Å². The summed E-state index contributed by atoms with van der Waals surface area (Å²) in [6.45, 7) is -0.551. The molecule has 1 amide bonds. The van der Waals surface area contributed by atoms with E-state index in [0.717, 1.165) is 15.8 Å². The molecule has 1 aromatic rings. The number of nitrogens with one attached hydrogen (secondary N) is 1. The molecule has 27 heavy (non-hydrogen) atoms. The highest BCUT2D eigenvalue weighted by Gasteiger charge is 2.27. The van der Waals surface area contributed by atoms with E-state index in [4.69, 9.17) is 4.55 Å². The molecular weight excluding hydrogens is 838 g/mol. The molecular formula is C13H9I4NO8S. The Morgan fingerprint density at radius 3 is 2.00 bits per heavy atom. The predicted molar refractivity (Wildman–Crippen MR) is 128 cm³/mol. The standard InChI is InChI=1S/C13H9I4NO8S/c14-8-6(7(13(21)22)9(15)11(17)10(8)16)12(20)18-2-1-5(19)26-3-4-27(23,24)25/h1-2H,3-4H2,(H,18,20)(H,21,22)(H,23,24,25)/b2-1+. The number of rotatable bonds is 7. The summed E-state index contributed by atoms with van der Waals surface area (Å²) < 4.78 is 36.4. The topological polar surface area (TPSA) is 147 Å². The van der Waals surface area contributed by atoms with Gasteiger partial charge in [-0.25, -0.2) is 9.59 Å². The van der Waals surface area contributed by atoms with Crippen molar-refractivity contribution in [3.05, 3.63) is 37.7 Å². The highest BCUT2D eigenvalue weighted by Crippen LogP contribution is 2.32. The zero-order chi connectivity index (χ0) is 20.9. The van der Waals surface area contributed by atoms with Gasteiger partial charge in [0.1, 0.15) is 12.4 Å². The molecule has 14 heteroatoms. The lowest BCUT2D eigenvalue weighted by atomic mass is 10.1. The normalized spacial score (nSPS) is 11.4. The lowest BCUT2D eigenvalue weighted by Crippen LogP contribution is -2.24. The van der Waals surface area contributed by atoms with Gasteiger partial charge >= 0.3 is 11.9 Å². The molecule has 0 bridgehead atoms. The van der Waals surface area contributed by atoms with Crippen LogP contribution in [-0.4, -0.2) is 48.3 Å². The van der Waals surface area contributed by atoms with Gasteiger partial charge in [-0.1, -0.05) is 0 Å². The van der Waals surface area contributed by atoms with Crippen LogP contribution in [-0.2, 0) is 19.6 Å². The molecule has 0 fully saturated rings. The molecule has 0 heterocycles. The quantitative estimate of drug-likeness (QED) is 0.0949. The molecule has 0 saturated carbocycles. The lowest BCUT2D eigenvalue weighted by Gasteiger charge is -2.13. The summed E-state index contributed by atoms with van der Waals surface area (Å²) in [5.74, 6) is -3.69. The van der Waals surface area contributed by atoms with Crippen LogP contribution in [0.25, 0.3) is 0 Å². The molecule has 0 saturated heterocycles. The highest BCUT2D eigenvalue weighted by molar-refractivity contribution is 14.1. The van der Waals surface area contributed by atoms with E-state index in [1.54, 1.807) is 0 Å². The molecule has 0 aliphatic carbocycles. The number of hydrogen-bond donors (Lipinski definition) is 3. The van der Waals surface area contributed by atoms with E-state index < -0.39 is 40.3 Å². The fourth-order valence-corrected chi connectivity index (χ4v) is 5.56. The van der Waals surface area contributed by atoms with E-state index in [9.17, 15) is 27.9 Å². The van der Waals surface area contributed by atoms with Crippen molar-refractivity contribution >= 4 is 118 Å². The first-order chi connectivity index (χ1) is 12.4. The number of carbonyl (C=O) groups is 3. The molecule has 1 aromatic carbocycles. The smallest absolute Gasteiger partial charge is 0.337 e. The average Bonchev–Trinajstić information content (AvgIpc) is 2.54. The van der Waals surface area contributed by atoms with Crippen LogP contribution >= 0.6 is 90.4 Å². The zero-order valence-corrected chi connectivity index (χ0v) is 22.3. The fourth-order valence-electron chi connectivity index (χ4n) is 1.60. The van der Waals surface area contributed by atoms with Crippen LogP contribution in [0.5, 0.6) is 0 Å². The summed E-state index contributed by atoms with van der Waals surface area (Å²) in [6.07, 6.45) is 1.79. The Labute approximate surface area is 208 Å². The Hall–Kier alpha value is 0.200. The van der Waals surface area contributed by atoms with Crippen molar-refractivity contribution in [2.45, 2.75) is 0 Å². The lowest BCUT2D eigenvalue weighted by molar-refractivity contribution is -0.137. The minimum Gasteiger partial charge on any atom is -0.478 e. The first kappa shape index (κ1) is 25.2. The maximum atomic E-state index is 12.4. The molecule has 9 nitrogen and oxygen atoms in total. The third-order valence-electron chi connectivity index (χ3n) is 2.73. The largest absolute Gasteiger partial charge is 0.478 e. The number of esters is 1. The van der Waals surface area contributed by atoms with Gasteiger partial charge in [-0.05, 0) is 90.4 Å². The van der Waals surface area contributed by atoms with Crippen molar-refractivity contribution in [1.82, 2.24) is 5.32 Å². The van der Waals surface area contributed by atoms with Crippen LogP contribution in [0, 0.1) is 14.3 Å². The molecule has 0 aliphatic rings. The average molecular weight is 847 g/mol. The van der Waals surface area contributed by atoms with E-state index in [0.29, 0.717) is 10.7 Å². The second kappa shape index (κ2) is 10.8. The SMILES string of the molecule is O=C(/C=C/NC(=O)c1c(I)c(I)c(I)c(I)c1C(=O)O)OCCS(=O)(=O)O. The van der Waals surface area contributed by atoms with Gasteiger partial charge in [0.25, 0.3) is 16.0 Å². The Kier molecular flexibility index (Phi) is 10.1. The van der Waals surface area contributed by atoms with Gasteiger partial charge in [0, 0.05) is 26.6 Å². The number of amides is 1. The third-order valence-corrected chi connectivity index (χ3v) is 10.8. The van der Waals surface area contributed by atoms with Gasteiger partial charge in [-0.3, -0.25) is 9.35 Å². The number of hydrogen-bond acceptors (Lipinski definition) is 6. The monoisotopic (exact) mass is 847 g/mol. The molecule has 0 unspecified atom stereocenters. The third kappa shape index (κ3) is 7.51. The van der Waals surface area contributed by atoms with Crippen molar-refractivity contribution in [3.8, 4) is 0 Å². The predicted octanol–water partition coefficient (Wildman–Crippen LogP) is 2.48. The van der Waals surface area contributed by atoms with E-state index in [-0.39, 0.29) is 11.1 Å². The fraction of sp³-hybridized carbons (Fsp3) is 0.154. The summed E-state index contributed by atoms with van der Waals surface area (Å²) in [5, 5.41) is 11.7. The number of ether oxygens (including phenoxy) is 1. The maximum Gasteiger partial charge on any atom is 0.337 e. The molecule has 3 N–H and O–H groups in total. The van der Waals surface area contributed by atoms with Crippen molar-refractivity contribution in [2.24, 2.45) is 0 Å². The van der Waals surface area contributed by atoms with E-state index in [2.05, 4.69) is 10.1 Å². The molecule has 0 aromatic heterocycles. The summed E-state index contributed by atoms with van der Waals surface area (Å²) in [7, 11) is -4.25. The van der Waals surface area contributed by atoms with Crippen LogP contribution in [0.1, 0.15) is 20.7 Å². The van der Waals surface area contributed by atoms with E-state index >= 15 is 0 Å². The molecule has 0 radical (unpaired) electrons. The highest BCUT2D eigenvalue weighted by atomic mass is 127. The van der Waals surface area contributed by atoms with E-state index in [1.165, 1.54) is 0 Å². The summed E-state index contributed by atoms with van der Waals surface area (Å²) in [6, 6.07) is 0. The molecule has 0 atom stereocenters. The minimum absolute atomic E-state index is 0.0401. The Bertz CT molecular complexity index is 929. The van der Waals surface area contributed by atoms with Crippen LogP contribution in [0.4, 0.5) is 0 Å². The first-order valence-corrected chi connectivity index (χ1v) is 12.5. The van der Waals surface area contributed by atoms with Gasteiger partial charge in [0.05, 0.1) is 11.1 Å². The minimum atomic E-state index is -4.25. The van der Waals surface area contributed by atoms with Crippen LogP contribution < -0.4 is 5.32 Å². The number of aromatic carboxylic acids is 1. The number of carbonyl (C=O) groups excluding carboxylic acids is 2. The van der Waals surface area contributed by atoms with E-state index in [1.807, 2.05) is 90.4 Å². The van der Waals surface area contributed by atoms with Gasteiger partial charge in [0.15, 0.2) is 0 Å². The number of benzene rings is 1. The van der Waals surface area contributed by atoms with Gasteiger partial charge in [-0.15, -0.1) is 0 Å². The summed E-state index contributed by atoms with van der Waals surface area (Å²) >= 11 is 7.74. The molecule has 148 valence electrons. The van der Waals surface area contributed by atoms with Gasteiger partial charge in [-0.2, -0.15) is 8.42 Å². The maximum absolute atomic E-state index is 12.4. The van der Waals surface area contributed by atoms with Crippen molar-refractivity contribution in [3.63, 3.8) is 0 Å². The molecule has 1 rings (SSSR count). The van der Waals surface area contributed by atoms with Crippen LogP contribution in [0.2, 0.25) is 0 Å². The first-order valence-electron chi connectivity index (χ1n) is 6.55. The second-order valence-corrected chi connectivity index (χ2v) is 10.5. The van der Waals surface area contributed by atoms with Crippen LogP contribution in [0.15, 0.2) is 12.3 Å². The van der Waals surface area contributed by atoms with Gasteiger partial charge in [0.2, 0.25) is 0 Å². The molecule has 0 spiro atoms. The number of halogens is 4. The molecule has 0 aliphatic heterocycles. The van der Waals surface area contributed by atoms with Crippen molar-refractivity contribution in [2.75, 3.05) is 12.4 Å². The zero-order valence-electron chi connectivity index (χ0n) is 12.8. The van der Waals surface area contributed by atoms with Crippen molar-refractivity contribution in [1.29, 1.82) is 0 Å². The summed E-state index contributed by atoms with van der Waals surface area (Å²) in [4.78, 5) is 35.4.